The van der Waals surface area contributed by atoms with Gasteiger partial charge in [-0.3, -0.25) is 4.99 Å². The first-order chi connectivity index (χ1) is 8.84. The maximum absolute atomic E-state index is 12.0. The van der Waals surface area contributed by atoms with Crippen molar-refractivity contribution in [3.8, 4) is 0 Å². The zero-order valence-corrected chi connectivity index (χ0v) is 15.8. The standard InChI is InChI=1S/C12H25N3O3S.HI/c1-12(2)10-15(7-9-19(12,16)17)11(13-3)14-6-5-8-18-4;/h5-10H2,1-4H3,(H,13,14);1H. The van der Waals surface area contributed by atoms with E-state index in [-0.39, 0.29) is 29.7 Å². The summed E-state index contributed by atoms with van der Waals surface area (Å²) in [7, 11) is 0.381. The SMILES string of the molecule is CN=C(NCCCOC)N1CCS(=O)(=O)C(C)(C)C1.I. The Balaban J connectivity index is 0.00000361. The molecule has 1 aliphatic heterocycles. The lowest BCUT2D eigenvalue weighted by molar-refractivity contribution is 0.195. The molecule has 1 heterocycles. The lowest BCUT2D eigenvalue weighted by Gasteiger charge is -2.39. The maximum Gasteiger partial charge on any atom is 0.193 e. The fourth-order valence-electron chi connectivity index (χ4n) is 2.07. The van der Waals surface area contributed by atoms with Crippen LogP contribution in [-0.2, 0) is 14.6 Å². The van der Waals surface area contributed by atoms with Crippen molar-refractivity contribution in [2.45, 2.75) is 25.0 Å². The lowest BCUT2D eigenvalue weighted by Crippen LogP contribution is -2.57. The van der Waals surface area contributed by atoms with Crippen LogP contribution in [0.3, 0.4) is 0 Å². The molecule has 0 aromatic carbocycles. The molecular formula is C12H26IN3O3S. The molecule has 0 spiro atoms. The van der Waals surface area contributed by atoms with Gasteiger partial charge in [-0.2, -0.15) is 0 Å². The monoisotopic (exact) mass is 419 g/mol. The first kappa shape index (κ1) is 19.9. The normalized spacial score (nSPS) is 21.2. The molecule has 6 nitrogen and oxygen atoms in total. The summed E-state index contributed by atoms with van der Waals surface area (Å²) in [6.07, 6.45) is 0.894. The molecule has 8 heteroatoms. The number of methoxy groups -OCH3 is 1. The molecule has 0 unspecified atom stereocenters. The van der Waals surface area contributed by atoms with Crippen LogP contribution in [0.1, 0.15) is 20.3 Å². The molecule has 120 valence electrons. The van der Waals surface area contributed by atoms with Crippen molar-refractivity contribution in [2.24, 2.45) is 4.99 Å². The molecule has 1 aliphatic rings. The van der Waals surface area contributed by atoms with Crippen LogP contribution in [-0.4, -0.2) is 70.2 Å². The Morgan fingerprint density at radius 1 is 1.45 bits per heavy atom. The number of sulfone groups is 1. The topological polar surface area (TPSA) is 71.0 Å². The number of hydrogen-bond donors (Lipinski definition) is 1. The van der Waals surface area contributed by atoms with E-state index in [4.69, 9.17) is 4.74 Å². The molecule has 0 amide bonds. The summed E-state index contributed by atoms with van der Waals surface area (Å²) in [6.45, 7) is 5.97. The quantitative estimate of drug-likeness (QED) is 0.315. The summed E-state index contributed by atoms with van der Waals surface area (Å²) >= 11 is 0. The van der Waals surface area contributed by atoms with Gasteiger partial charge in [0, 0.05) is 40.4 Å². The average molecular weight is 419 g/mol. The van der Waals surface area contributed by atoms with Crippen molar-refractivity contribution in [1.29, 1.82) is 0 Å². The first-order valence-electron chi connectivity index (χ1n) is 6.51. The van der Waals surface area contributed by atoms with E-state index in [0.717, 1.165) is 18.9 Å². The number of halogens is 1. The average Bonchev–Trinajstić information content (AvgIpc) is 2.33. The first-order valence-corrected chi connectivity index (χ1v) is 8.16. The Bertz CT molecular complexity index is 424. The van der Waals surface area contributed by atoms with Crippen LogP contribution >= 0.6 is 24.0 Å². The molecule has 1 N–H and O–H groups in total. The molecule has 0 saturated carbocycles. The summed E-state index contributed by atoms with van der Waals surface area (Å²) in [5.41, 5.74) is 0. The predicted octanol–water partition coefficient (Wildman–Crippen LogP) is 0.725. The van der Waals surface area contributed by atoms with E-state index >= 15 is 0 Å². The van der Waals surface area contributed by atoms with Gasteiger partial charge < -0.3 is 15.0 Å². The Kier molecular flexibility index (Phi) is 8.34. The smallest absolute Gasteiger partial charge is 0.193 e. The Morgan fingerprint density at radius 3 is 2.60 bits per heavy atom. The summed E-state index contributed by atoms with van der Waals surface area (Å²) in [4.78, 5) is 6.23. The largest absolute Gasteiger partial charge is 0.385 e. The third-order valence-corrected chi connectivity index (χ3v) is 5.90. The molecule has 0 aromatic heterocycles. The molecule has 0 bridgehead atoms. The van der Waals surface area contributed by atoms with Crippen LogP contribution in [0, 0.1) is 0 Å². The summed E-state index contributed by atoms with van der Waals surface area (Å²) in [5, 5.41) is 3.24. The van der Waals surface area contributed by atoms with Crippen LogP contribution in [0.2, 0.25) is 0 Å². The van der Waals surface area contributed by atoms with Gasteiger partial charge in [0.15, 0.2) is 15.8 Å². The second-order valence-electron chi connectivity index (χ2n) is 5.32. The number of ether oxygens (including phenoxy) is 1. The van der Waals surface area contributed by atoms with E-state index in [2.05, 4.69) is 10.3 Å². The van der Waals surface area contributed by atoms with Crippen LogP contribution < -0.4 is 5.32 Å². The van der Waals surface area contributed by atoms with Crippen molar-refractivity contribution in [1.82, 2.24) is 10.2 Å². The Morgan fingerprint density at radius 2 is 2.10 bits per heavy atom. The molecule has 0 aromatic rings. The van der Waals surface area contributed by atoms with Crippen molar-refractivity contribution in [3.05, 3.63) is 0 Å². The fraction of sp³-hybridized carbons (Fsp3) is 0.917. The third kappa shape index (κ3) is 5.03. The van der Waals surface area contributed by atoms with Crippen molar-refractivity contribution in [3.63, 3.8) is 0 Å². The minimum Gasteiger partial charge on any atom is -0.385 e. The second kappa shape index (κ2) is 8.38. The summed E-state index contributed by atoms with van der Waals surface area (Å²) in [5.74, 6) is 0.942. The van der Waals surface area contributed by atoms with E-state index in [1.165, 1.54) is 0 Å². The van der Waals surface area contributed by atoms with Gasteiger partial charge in [0.05, 0.1) is 10.5 Å². The van der Waals surface area contributed by atoms with Gasteiger partial charge >= 0.3 is 0 Å². The number of nitrogens with one attached hydrogen (secondary N) is 1. The molecule has 20 heavy (non-hydrogen) atoms. The highest BCUT2D eigenvalue weighted by Gasteiger charge is 2.40. The van der Waals surface area contributed by atoms with E-state index in [1.54, 1.807) is 28.0 Å². The maximum atomic E-state index is 12.0. The Labute approximate surface area is 139 Å². The summed E-state index contributed by atoms with van der Waals surface area (Å²) < 4.78 is 28.2. The van der Waals surface area contributed by atoms with Gasteiger partial charge in [-0.15, -0.1) is 24.0 Å². The summed E-state index contributed by atoms with van der Waals surface area (Å²) in [6, 6.07) is 0. The van der Waals surface area contributed by atoms with Gasteiger partial charge in [0.25, 0.3) is 0 Å². The van der Waals surface area contributed by atoms with E-state index in [9.17, 15) is 8.42 Å². The number of nitrogens with zero attached hydrogens (tertiary/aromatic N) is 2. The van der Waals surface area contributed by atoms with Crippen molar-refractivity contribution >= 4 is 39.8 Å². The highest BCUT2D eigenvalue weighted by Crippen LogP contribution is 2.23. The second-order valence-corrected chi connectivity index (χ2v) is 8.06. The van der Waals surface area contributed by atoms with Gasteiger partial charge in [-0.25, -0.2) is 8.42 Å². The third-order valence-electron chi connectivity index (χ3n) is 3.36. The minimum absolute atomic E-state index is 0. The molecule has 1 saturated heterocycles. The van der Waals surface area contributed by atoms with E-state index < -0.39 is 14.6 Å². The highest BCUT2D eigenvalue weighted by atomic mass is 127. The van der Waals surface area contributed by atoms with Crippen LogP contribution in [0.4, 0.5) is 0 Å². The van der Waals surface area contributed by atoms with Crippen molar-refractivity contribution < 1.29 is 13.2 Å². The van der Waals surface area contributed by atoms with E-state index in [0.29, 0.717) is 19.7 Å². The minimum atomic E-state index is -3.01. The molecule has 0 aliphatic carbocycles. The Hall–Kier alpha value is -0.0900. The zero-order chi connectivity index (χ0) is 14.5. The van der Waals surface area contributed by atoms with Crippen LogP contribution in [0.5, 0.6) is 0 Å². The van der Waals surface area contributed by atoms with Gasteiger partial charge in [-0.05, 0) is 20.3 Å². The van der Waals surface area contributed by atoms with Gasteiger partial charge in [0.2, 0.25) is 0 Å². The van der Waals surface area contributed by atoms with Crippen LogP contribution in [0.25, 0.3) is 0 Å². The number of rotatable bonds is 4. The molecule has 0 radical (unpaired) electrons. The molecule has 1 fully saturated rings. The van der Waals surface area contributed by atoms with Crippen molar-refractivity contribution in [2.75, 3.05) is 46.2 Å². The zero-order valence-electron chi connectivity index (χ0n) is 12.7. The highest BCUT2D eigenvalue weighted by molar-refractivity contribution is 14.0. The van der Waals surface area contributed by atoms with Crippen LogP contribution in [0.15, 0.2) is 4.99 Å². The fourth-order valence-corrected chi connectivity index (χ4v) is 3.44. The predicted molar refractivity (Wildman–Crippen MR) is 92.7 cm³/mol. The van der Waals surface area contributed by atoms with Gasteiger partial charge in [0.1, 0.15) is 0 Å². The van der Waals surface area contributed by atoms with Gasteiger partial charge in [-0.1, -0.05) is 0 Å². The molecule has 1 rings (SSSR count). The molecular weight excluding hydrogens is 393 g/mol. The number of hydrogen-bond acceptors (Lipinski definition) is 4. The van der Waals surface area contributed by atoms with E-state index in [1.807, 2.05) is 4.90 Å². The number of aliphatic imine (C=N–C) groups is 1. The number of guanidine groups is 1. The lowest BCUT2D eigenvalue weighted by atomic mass is 10.2. The molecule has 0 atom stereocenters.